The van der Waals surface area contributed by atoms with Crippen molar-refractivity contribution in [3.8, 4) is 11.5 Å². The number of amides is 1. The van der Waals surface area contributed by atoms with Gasteiger partial charge in [0.15, 0.2) is 0 Å². The molecule has 0 bridgehead atoms. The second-order valence-corrected chi connectivity index (χ2v) is 5.00. The molecule has 0 saturated carbocycles. The van der Waals surface area contributed by atoms with E-state index in [4.69, 9.17) is 9.47 Å². The molecule has 2 aromatic carbocycles. The van der Waals surface area contributed by atoms with Crippen LogP contribution in [0.3, 0.4) is 0 Å². The average molecular weight is 311 g/mol. The first-order valence-corrected chi connectivity index (χ1v) is 7.44. The summed E-state index contributed by atoms with van der Waals surface area (Å²) in [6, 6.07) is 15.4. The normalized spacial score (nSPS) is 10.5. The smallest absolute Gasteiger partial charge is 0.244 e. The predicted molar refractivity (Wildman–Crippen MR) is 91.7 cm³/mol. The van der Waals surface area contributed by atoms with E-state index in [9.17, 15) is 4.79 Å². The lowest BCUT2D eigenvalue weighted by Crippen LogP contribution is -2.23. The zero-order chi connectivity index (χ0) is 16.5. The van der Waals surface area contributed by atoms with Crippen LogP contribution in [0.2, 0.25) is 0 Å². The molecule has 0 spiro atoms. The van der Waals surface area contributed by atoms with Gasteiger partial charge in [0.1, 0.15) is 11.5 Å². The average Bonchev–Trinajstić information content (AvgIpc) is 2.61. The summed E-state index contributed by atoms with van der Waals surface area (Å²) in [5, 5.41) is 2.87. The highest BCUT2D eigenvalue weighted by Crippen LogP contribution is 2.13. The highest BCUT2D eigenvalue weighted by Gasteiger charge is 1.98. The monoisotopic (exact) mass is 311 g/mol. The van der Waals surface area contributed by atoms with Gasteiger partial charge in [0, 0.05) is 12.6 Å². The van der Waals surface area contributed by atoms with Gasteiger partial charge in [0.25, 0.3) is 0 Å². The molecule has 0 aliphatic heterocycles. The van der Waals surface area contributed by atoms with Gasteiger partial charge in [-0.2, -0.15) is 0 Å². The maximum Gasteiger partial charge on any atom is 0.244 e. The number of nitrogens with one attached hydrogen (secondary N) is 1. The van der Waals surface area contributed by atoms with E-state index in [1.165, 1.54) is 6.08 Å². The van der Waals surface area contributed by atoms with Gasteiger partial charge in [0.2, 0.25) is 5.91 Å². The van der Waals surface area contributed by atoms with Gasteiger partial charge < -0.3 is 14.8 Å². The van der Waals surface area contributed by atoms with Crippen molar-refractivity contribution >= 4 is 12.0 Å². The molecule has 2 aromatic rings. The minimum atomic E-state index is -0.110. The lowest BCUT2D eigenvalue weighted by atomic mass is 10.1. The summed E-state index contributed by atoms with van der Waals surface area (Å²) >= 11 is 0. The second-order valence-electron chi connectivity index (χ2n) is 5.00. The molecule has 0 radical (unpaired) electrons. The lowest BCUT2D eigenvalue weighted by molar-refractivity contribution is -0.116. The molecule has 0 unspecified atom stereocenters. The van der Waals surface area contributed by atoms with Crippen LogP contribution < -0.4 is 14.8 Å². The molecular formula is C19H21NO3. The Balaban J connectivity index is 1.78. The lowest BCUT2D eigenvalue weighted by Gasteiger charge is -2.04. The van der Waals surface area contributed by atoms with Crippen molar-refractivity contribution in [2.75, 3.05) is 20.8 Å². The fourth-order valence-electron chi connectivity index (χ4n) is 2.10. The quantitative estimate of drug-likeness (QED) is 0.799. The predicted octanol–water partition coefficient (Wildman–Crippen LogP) is 3.08. The van der Waals surface area contributed by atoms with Crippen molar-refractivity contribution < 1.29 is 14.3 Å². The van der Waals surface area contributed by atoms with Gasteiger partial charge in [0.05, 0.1) is 14.2 Å². The molecule has 0 fully saturated rings. The summed E-state index contributed by atoms with van der Waals surface area (Å²) in [6.07, 6.45) is 4.08. The number of carbonyl (C=O) groups is 1. The molecule has 0 saturated heterocycles. The Labute approximate surface area is 136 Å². The summed E-state index contributed by atoms with van der Waals surface area (Å²) in [5.74, 6) is 1.49. The third-order valence-corrected chi connectivity index (χ3v) is 3.39. The molecule has 4 heteroatoms. The highest BCUT2D eigenvalue weighted by atomic mass is 16.5. The summed E-state index contributed by atoms with van der Waals surface area (Å²) in [4.78, 5) is 11.8. The number of ether oxygens (including phenoxy) is 2. The minimum absolute atomic E-state index is 0.110. The molecular weight excluding hydrogens is 290 g/mol. The van der Waals surface area contributed by atoms with Gasteiger partial charge in [-0.15, -0.1) is 0 Å². The molecule has 0 atom stereocenters. The summed E-state index contributed by atoms with van der Waals surface area (Å²) in [7, 11) is 3.26. The zero-order valence-electron chi connectivity index (χ0n) is 13.4. The topological polar surface area (TPSA) is 47.6 Å². The molecule has 1 N–H and O–H groups in total. The van der Waals surface area contributed by atoms with E-state index < -0.39 is 0 Å². The zero-order valence-corrected chi connectivity index (χ0v) is 13.4. The Morgan fingerprint density at radius 2 is 1.78 bits per heavy atom. The van der Waals surface area contributed by atoms with Gasteiger partial charge in [-0.1, -0.05) is 24.3 Å². The second kappa shape index (κ2) is 8.63. The van der Waals surface area contributed by atoms with Crippen LogP contribution in [0.1, 0.15) is 11.1 Å². The fourth-order valence-corrected chi connectivity index (χ4v) is 2.10. The van der Waals surface area contributed by atoms with E-state index in [0.29, 0.717) is 6.54 Å². The van der Waals surface area contributed by atoms with Crippen LogP contribution in [0.25, 0.3) is 6.08 Å². The number of hydrogen-bond acceptors (Lipinski definition) is 3. The van der Waals surface area contributed by atoms with Crippen LogP contribution in [0.4, 0.5) is 0 Å². The van der Waals surface area contributed by atoms with Gasteiger partial charge in [-0.25, -0.2) is 0 Å². The number of carbonyl (C=O) groups excluding carboxylic acids is 1. The summed E-state index contributed by atoms with van der Waals surface area (Å²) in [6.45, 7) is 0.591. The van der Waals surface area contributed by atoms with Crippen LogP contribution in [0, 0.1) is 0 Å². The van der Waals surface area contributed by atoms with E-state index in [1.54, 1.807) is 20.3 Å². The van der Waals surface area contributed by atoms with Crippen molar-refractivity contribution in [3.05, 3.63) is 65.7 Å². The molecule has 0 aliphatic carbocycles. The van der Waals surface area contributed by atoms with Crippen LogP contribution in [-0.2, 0) is 11.2 Å². The number of rotatable bonds is 7. The molecule has 120 valence electrons. The number of benzene rings is 2. The maximum absolute atomic E-state index is 11.8. The van der Waals surface area contributed by atoms with Crippen molar-refractivity contribution in [3.63, 3.8) is 0 Å². The Morgan fingerprint density at radius 3 is 2.48 bits per heavy atom. The first-order chi connectivity index (χ1) is 11.2. The van der Waals surface area contributed by atoms with E-state index >= 15 is 0 Å². The van der Waals surface area contributed by atoms with Crippen molar-refractivity contribution in [1.82, 2.24) is 5.32 Å². The number of methoxy groups -OCH3 is 2. The van der Waals surface area contributed by atoms with Crippen LogP contribution in [0.15, 0.2) is 54.6 Å². The van der Waals surface area contributed by atoms with Crippen molar-refractivity contribution in [2.45, 2.75) is 6.42 Å². The third kappa shape index (κ3) is 5.51. The van der Waals surface area contributed by atoms with E-state index in [1.807, 2.05) is 48.5 Å². The Morgan fingerprint density at radius 1 is 1.04 bits per heavy atom. The minimum Gasteiger partial charge on any atom is -0.497 e. The van der Waals surface area contributed by atoms with E-state index in [0.717, 1.165) is 29.0 Å². The van der Waals surface area contributed by atoms with Crippen molar-refractivity contribution in [2.24, 2.45) is 0 Å². The van der Waals surface area contributed by atoms with Crippen LogP contribution in [0.5, 0.6) is 11.5 Å². The summed E-state index contributed by atoms with van der Waals surface area (Å²) in [5.41, 5.74) is 2.08. The van der Waals surface area contributed by atoms with E-state index in [-0.39, 0.29) is 5.91 Å². The molecule has 4 nitrogen and oxygen atoms in total. The maximum atomic E-state index is 11.8. The SMILES string of the molecule is COc1ccc(CCNC(=O)/C=C/c2cccc(OC)c2)cc1. The van der Waals surface area contributed by atoms with Crippen LogP contribution >= 0.6 is 0 Å². The molecule has 23 heavy (non-hydrogen) atoms. The Bertz CT molecular complexity index is 663. The molecule has 0 aromatic heterocycles. The Hall–Kier alpha value is -2.75. The van der Waals surface area contributed by atoms with Crippen molar-refractivity contribution in [1.29, 1.82) is 0 Å². The van der Waals surface area contributed by atoms with Crippen LogP contribution in [-0.4, -0.2) is 26.7 Å². The first kappa shape index (κ1) is 16.6. The van der Waals surface area contributed by atoms with Gasteiger partial charge in [-0.05, 0) is 47.9 Å². The Kier molecular flexibility index (Phi) is 6.24. The van der Waals surface area contributed by atoms with Gasteiger partial charge in [-0.3, -0.25) is 4.79 Å². The fraction of sp³-hybridized carbons (Fsp3) is 0.211. The first-order valence-electron chi connectivity index (χ1n) is 7.44. The highest BCUT2D eigenvalue weighted by molar-refractivity contribution is 5.91. The summed E-state index contributed by atoms with van der Waals surface area (Å²) < 4.78 is 10.3. The largest absolute Gasteiger partial charge is 0.497 e. The molecule has 0 aliphatic rings. The third-order valence-electron chi connectivity index (χ3n) is 3.39. The van der Waals surface area contributed by atoms with E-state index in [2.05, 4.69) is 5.32 Å². The molecule has 2 rings (SSSR count). The molecule has 1 amide bonds. The number of hydrogen-bond donors (Lipinski definition) is 1. The van der Waals surface area contributed by atoms with Gasteiger partial charge >= 0.3 is 0 Å². The molecule has 0 heterocycles. The standard InChI is InChI=1S/C19H21NO3/c1-22-17-9-6-15(7-10-17)12-13-20-19(21)11-8-16-4-3-5-18(14-16)23-2/h3-11,14H,12-13H2,1-2H3,(H,20,21)/b11-8+.